The first kappa shape index (κ1) is 18.3. The lowest BCUT2D eigenvalue weighted by atomic mass is 9.86. The van der Waals surface area contributed by atoms with Crippen LogP contribution in [0.4, 0.5) is 0 Å². The molecular formula is C21H24BrN3O2. The third kappa shape index (κ3) is 3.96. The van der Waals surface area contributed by atoms with Crippen molar-refractivity contribution in [2.24, 2.45) is 11.0 Å². The molecule has 1 N–H and O–H groups in total. The average Bonchev–Trinajstić information content (AvgIpc) is 3.10. The molecule has 1 saturated heterocycles. The Morgan fingerprint density at radius 2 is 2.00 bits per heavy atom. The van der Waals surface area contributed by atoms with Crippen molar-refractivity contribution in [3.05, 3.63) is 58.1 Å². The third-order valence-corrected chi connectivity index (χ3v) is 5.82. The maximum absolute atomic E-state index is 6.00. The number of hydrogen-bond donors (Lipinski definition) is 1. The van der Waals surface area contributed by atoms with E-state index in [-0.39, 0.29) is 6.04 Å². The van der Waals surface area contributed by atoms with Crippen molar-refractivity contribution in [1.82, 2.24) is 10.3 Å². The zero-order valence-electron chi connectivity index (χ0n) is 15.6. The zero-order valence-corrected chi connectivity index (χ0v) is 17.2. The number of nitrogens with one attached hydrogen (secondary N) is 1. The van der Waals surface area contributed by atoms with E-state index < -0.39 is 0 Å². The predicted octanol–water partition coefficient (Wildman–Crippen LogP) is 3.99. The normalized spacial score (nSPS) is 22.0. The fourth-order valence-corrected chi connectivity index (χ4v) is 4.01. The number of fused-ring (bicyclic) bond motifs is 1. The molecule has 0 radical (unpaired) electrons. The van der Waals surface area contributed by atoms with E-state index in [1.807, 2.05) is 30.3 Å². The Bertz CT molecular complexity index is 838. The Morgan fingerprint density at radius 3 is 2.78 bits per heavy atom. The summed E-state index contributed by atoms with van der Waals surface area (Å²) in [6, 6.07) is 14.5. The highest BCUT2D eigenvalue weighted by Crippen LogP contribution is 2.36. The van der Waals surface area contributed by atoms with Gasteiger partial charge in [0.15, 0.2) is 11.5 Å². The molecule has 2 heterocycles. The quantitative estimate of drug-likeness (QED) is 0.780. The second-order valence-corrected chi connectivity index (χ2v) is 8.07. The SMILES string of the molecule is COc1cc(C2NN=C3CCN(C)CC32)ccc1OCc1ccc(Br)cc1. The van der Waals surface area contributed by atoms with Crippen molar-refractivity contribution >= 4 is 21.6 Å². The Morgan fingerprint density at radius 1 is 1.19 bits per heavy atom. The van der Waals surface area contributed by atoms with Crippen molar-refractivity contribution in [1.29, 1.82) is 0 Å². The van der Waals surface area contributed by atoms with Gasteiger partial charge in [0.1, 0.15) is 6.61 Å². The number of rotatable bonds is 5. The van der Waals surface area contributed by atoms with E-state index >= 15 is 0 Å². The molecule has 27 heavy (non-hydrogen) atoms. The third-order valence-electron chi connectivity index (χ3n) is 5.29. The summed E-state index contributed by atoms with van der Waals surface area (Å²) in [5.74, 6) is 1.93. The molecule has 2 atom stereocenters. The number of piperidine rings is 1. The first-order chi connectivity index (χ1) is 13.1. The first-order valence-corrected chi connectivity index (χ1v) is 9.99. The van der Waals surface area contributed by atoms with Crippen LogP contribution in [0.25, 0.3) is 0 Å². The highest BCUT2D eigenvalue weighted by molar-refractivity contribution is 9.10. The van der Waals surface area contributed by atoms with E-state index in [0.717, 1.165) is 41.0 Å². The van der Waals surface area contributed by atoms with Crippen molar-refractivity contribution < 1.29 is 9.47 Å². The number of hydrogen-bond acceptors (Lipinski definition) is 5. The van der Waals surface area contributed by atoms with Gasteiger partial charge in [0, 0.05) is 35.6 Å². The van der Waals surface area contributed by atoms with E-state index in [1.165, 1.54) is 11.3 Å². The lowest BCUT2D eigenvalue weighted by molar-refractivity contribution is 0.271. The van der Waals surface area contributed by atoms with Gasteiger partial charge in [-0.1, -0.05) is 34.1 Å². The molecule has 0 aliphatic carbocycles. The molecule has 5 nitrogen and oxygen atoms in total. The largest absolute Gasteiger partial charge is 0.493 e. The number of benzene rings is 2. The van der Waals surface area contributed by atoms with Crippen LogP contribution in [-0.2, 0) is 6.61 Å². The molecule has 2 aliphatic heterocycles. The molecule has 2 aromatic rings. The highest BCUT2D eigenvalue weighted by Gasteiger charge is 2.36. The molecule has 2 aromatic carbocycles. The standard InChI is InChI=1S/C21H24BrN3O2/c1-25-10-9-18-17(12-25)21(24-23-18)15-5-8-19(20(11-15)26-2)27-13-14-3-6-16(22)7-4-14/h3-8,11,17,21,24H,9-10,12-13H2,1-2H3. The van der Waals surface area contributed by atoms with Gasteiger partial charge in [-0.3, -0.25) is 0 Å². The molecule has 0 saturated carbocycles. The highest BCUT2D eigenvalue weighted by atomic mass is 79.9. The molecule has 1 fully saturated rings. The van der Waals surface area contributed by atoms with Crippen LogP contribution in [0, 0.1) is 5.92 Å². The number of nitrogens with zero attached hydrogens (tertiary/aromatic N) is 2. The van der Waals surface area contributed by atoms with Gasteiger partial charge >= 0.3 is 0 Å². The number of ether oxygens (including phenoxy) is 2. The van der Waals surface area contributed by atoms with Gasteiger partial charge in [0.25, 0.3) is 0 Å². The lowest BCUT2D eigenvalue weighted by Gasteiger charge is -2.31. The molecule has 6 heteroatoms. The fraction of sp³-hybridized carbons (Fsp3) is 0.381. The summed E-state index contributed by atoms with van der Waals surface area (Å²) in [6.07, 6.45) is 1.04. The number of hydrazone groups is 1. The zero-order chi connectivity index (χ0) is 18.8. The Labute approximate surface area is 168 Å². The van der Waals surface area contributed by atoms with E-state index in [1.54, 1.807) is 7.11 Å². The van der Waals surface area contributed by atoms with Crippen LogP contribution in [-0.4, -0.2) is 37.9 Å². The van der Waals surface area contributed by atoms with Crippen LogP contribution < -0.4 is 14.9 Å². The summed E-state index contributed by atoms with van der Waals surface area (Å²) in [5, 5.41) is 4.58. The van der Waals surface area contributed by atoms with Crippen LogP contribution in [0.2, 0.25) is 0 Å². The number of likely N-dealkylation sites (tertiary alicyclic amines) is 1. The minimum absolute atomic E-state index is 0.192. The Balaban J connectivity index is 1.49. The summed E-state index contributed by atoms with van der Waals surface area (Å²) >= 11 is 3.45. The average molecular weight is 430 g/mol. The summed E-state index contributed by atoms with van der Waals surface area (Å²) in [5.41, 5.74) is 6.91. The molecular weight excluding hydrogens is 406 g/mol. The van der Waals surface area contributed by atoms with Gasteiger partial charge in [-0.15, -0.1) is 0 Å². The maximum atomic E-state index is 6.00. The maximum Gasteiger partial charge on any atom is 0.161 e. The Kier molecular flexibility index (Phi) is 5.36. The topological polar surface area (TPSA) is 46.1 Å². The summed E-state index contributed by atoms with van der Waals surface area (Å²) in [6.45, 7) is 2.61. The van der Waals surface area contributed by atoms with Gasteiger partial charge in [-0.05, 0) is 42.4 Å². The van der Waals surface area contributed by atoms with Gasteiger partial charge in [0.2, 0.25) is 0 Å². The van der Waals surface area contributed by atoms with E-state index in [4.69, 9.17) is 9.47 Å². The van der Waals surface area contributed by atoms with Crippen LogP contribution in [0.3, 0.4) is 0 Å². The van der Waals surface area contributed by atoms with Crippen molar-refractivity contribution in [2.75, 3.05) is 27.2 Å². The van der Waals surface area contributed by atoms with Crippen molar-refractivity contribution in [3.8, 4) is 11.5 Å². The van der Waals surface area contributed by atoms with E-state index in [9.17, 15) is 0 Å². The molecule has 2 unspecified atom stereocenters. The molecule has 2 aliphatic rings. The second kappa shape index (κ2) is 7.90. The first-order valence-electron chi connectivity index (χ1n) is 9.20. The molecule has 0 amide bonds. The summed E-state index contributed by atoms with van der Waals surface area (Å²) < 4.78 is 12.7. The Hall–Kier alpha value is -2.05. The van der Waals surface area contributed by atoms with Gasteiger partial charge in [-0.25, -0.2) is 0 Å². The van der Waals surface area contributed by atoms with Gasteiger partial charge in [0.05, 0.1) is 13.2 Å². The van der Waals surface area contributed by atoms with Crippen LogP contribution in [0.15, 0.2) is 52.0 Å². The monoisotopic (exact) mass is 429 g/mol. The van der Waals surface area contributed by atoms with Gasteiger partial charge in [-0.2, -0.15) is 5.10 Å². The molecule has 142 valence electrons. The molecule has 0 bridgehead atoms. The predicted molar refractivity (Wildman–Crippen MR) is 110 cm³/mol. The molecule has 4 rings (SSSR count). The van der Waals surface area contributed by atoms with E-state index in [0.29, 0.717) is 12.5 Å². The van der Waals surface area contributed by atoms with Crippen molar-refractivity contribution in [3.63, 3.8) is 0 Å². The minimum Gasteiger partial charge on any atom is -0.493 e. The molecule has 0 aromatic heterocycles. The van der Waals surface area contributed by atoms with Crippen molar-refractivity contribution in [2.45, 2.75) is 19.1 Å². The molecule has 0 spiro atoms. The van der Waals surface area contributed by atoms with Crippen LogP contribution >= 0.6 is 15.9 Å². The lowest BCUT2D eigenvalue weighted by Crippen LogP contribution is -2.39. The van der Waals surface area contributed by atoms with Gasteiger partial charge < -0.3 is 19.8 Å². The van der Waals surface area contributed by atoms with Crippen LogP contribution in [0.1, 0.15) is 23.6 Å². The number of methoxy groups -OCH3 is 1. The van der Waals surface area contributed by atoms with E-state index in [2.05, 4.69) is 50.5 Å². The minimum atomic E-state index is 0.192. The summed E-state index contributed by atoms with van der Waals surface area (Å²) in [7, 11) is 3.86. The number of halogens is 1. The second-order valence-electron chi connectivity index (χ2n) is 7.15. The smallest absolute Gasteiger partial charge is 0.161 e. The van der Waals surface area contributed by atoms with Crippen LogP contribution in [0.5, 0.6) is 11.5 Å². The summed E-state index contributed by atoms with van der Waals surface area (Å²) in [4.78, 5) is 2.37. The fourth-order valence-electron chi connectivity index (χ4n) is 3.75.